The Hall–Kier alpha value is -1.30. The average molecular weight is 366 g/mol. The molecule has 2 aliphatic heterocycles. The first-order chi connectivity index (χ1) is 12.2. The van der Waals surface area contributed by atoms with Gasteiger partial charge in [-0.05, 0) is 43.6 Å². The molecule has 25 heavy (non-hydrogen) atoms. The van der Waals surface area contributed by atoms with Crippen molar-refractivity contribution in [3.8, 4) is 0 Å². The molecule has 1 N–H and O–H groups in total. The molecule has 2 saturated heterocycles. The van der Waals surface area contributed by atoms with Crippen molar-refractivity contribution < 1.29 is 9.53 Å². The lowest BCUT2D eigenvalue weighted by atomic mass is 10.1. The predicted molar refractivity (Wildman–Crippen MR) is 100 cm³/mol. The fourth-order valence-electron chi connectivity index (χ4n) is 3.51. The van der Waals surface area contributed by atoms with Crippen molar-refractivity contribution in [3.63, 3.8) is 0 Å². The molecule has 0 aliphatic carbocycles. The number of carbonyl (C=O) groups is 1. The Morgan fingerprint density at radius 2 is 1.84 bits per heavy atom. The van der Waals surface area contributed by atoms with Crippen LogP contribution < -0.4 is 5.32 Å². The smallest absolute Gasteiger partial charge is 0.317 e. The van der Waals surface area contributed by atoms with E-state index in [-0.39, 0.29) is 12.1 Å². The first-order valence-corrected chi connectivity index (χ1v) is 9.72. The van der Waals surface area contributed by atoms with Gasteiger partial charge in [-0.15, -0.1) is 0 Å². The van der Waals surface area contributed by atoms with Crippen LogP contribution in [-0.4, -0.2) is 61.7 Å². The minimum absolute atomic E-state index is 0.0112. The van der Waals surface area contributed by atoms with E-state index < -0.39 is 0 Å². The number of benzene rings is 1. The zero-order valence-electron chi connectivity index (χ0n) is 14.8. The number of morpholine rings is 1. The van der Waals surface area contributed by atoms with E-state index in [0.717, 1.165) is 25.2 Å². The zero-order valence-corrected chi connectivity index (χ0v) is 15.5. The molecule has 0 radical (unpaired) electrons. The summed E-state index contributed by atoms with van der Waals surface area (Å²) >= 11 is 5.94. The molecule has 1 atom stereocenters. The lowest BCUT2D eigenvalue weighted by molar-refractivity contribution is -0.0154. The van der Waals surface area contributed by atoms with Gasteiger partial charge in [-0.1, -0.05) is 36.6 Å². The first-order valence-electron chi connectivity index (χ1n) is 9.34. The number of carbonyl (C=O) groups excluding carboxylic acids is 1. The molecule has 0 bridgehead atoms. The van der Waals surface area contributed by atoms with Crippen molar-refractivity contribution in [3.05, 3.63) is 34.9 Å². The number of nitrogens with one attached hydrogen (secondary N) is 1. The maximum absolute atomic E-state index is 12.5. The molecule has 3 rings (SSSR count). The van der Waals surface area contributed by atoms with Gasteiger partial charge in [0.25, 0.3) is 0 Å². The second-order valence-corrected chi connectivity index (χ2v) is 7.28. The van der Waals surface area contributed by atoms with Gasteiger partial charge in [0.2, 0.25) is 0 Å². The zero-order chi connectivity index (χ0) is 17.5. The molecule has 2 heterocycles. The number of amides is 2. The van der Waals surface area contributed by atoms with E-state index in [1.807, 2.05) is 29.2 Å². The summed E-state index contributed by atoms with van der Waals surface area (Å²) in [4.78, 5) is 16.8. The summed E-state index contributed by atoms with van der Waals surface area (Å²) in [5.74, 6) is 0. The highest BCUT2D eigenvalue weighted by Gasteiger charge is 2.25. The minimum atomic E-state index is -0.0811. The van der Waals surface area contributed by atoms with E-state index in [2.05, 4.69) is 10.2 Å². The second-order valence-electron chi connectivity index (χ2n) is 6.84. The summed E-state index contributed by atoms with van der Waals surface area (Å²) in [7, 11) is 0. The Balaban J connectivity index is 1.44. The molecule has 0 saturated carbocycles. The topological polar surface area (TPSA) is 44.8 Å². The van der Waals surface area contributed by atoms with Crippen LogP contribution in [0.4, 0.5) is 4.79 Å². The van der Waals surface area contributed by atoms with E-state index in [4.69, 9.17) is 16.3 Å². The second kappa shape index (κ2) is 9.41. The number of urea groups is 1. The van der Waals surface area contributed by atoms with Gasteiger partial charge in [-0.25, -0.2) is 4.79 Å². The Labute approximate surface area is 155 Å². The van der Waals surface area contributed by atoms with E-state index in [1.165, 1.54) is 25.7 Å². The van der Waals surface area contributed by atoms with Crippen molar-refractivity contribution in [1.29, 1.82) is 0 Å². The van der Waals surface area contributed by atoms with Gasteiger partial charge in [0.1, 0.15) is 6.10 Å². The van der Waals surface area contributed by atoms with Crippen LogP contribution >= 0.6 is 11.6 Å². The van der Waals surface area contributed by atoms with Gasteiger partial charge in [0.15, 0.2) is 0 Å². The SMILES string of the molecule is O=C(NCCN1CCCCCC1)N1CCOC(c2ccc(Cl)cc2)C1. The number of rotatable bonds is 4. The Morgan fingerprint density at radius 3 is 2.56 bits per heavy atom. The van der Waals surface area contributed by atoms with Crippen LogP contribution in [-0.2, 0) is 4.74 Å². The molecule has 1 aromatic carbocycles. The molecule has 6 heteroatoms. The van der Waals surface area contributed by atoms with Crippen LogP contribution in [0.3, 0.4) is 0 Å². The number of ether oxygens (including phenoxy) is 1. The fraction of sp³-hybridized carbons (Fsp3) is 0.632. The van der Waals surface area contributed by atoms with Crippen LogP contribution in [0.2, 0.25) is 5.02 Å². The summed E-state index contributed by atoms with van der Waals surface area (Å²) in [6.45, 7) is 5.75. The van der Waals surface area contributed by atoms with Crippen LogP contribution in [0.15, 0.2) is 24.3 Å². The third-order valence-corrected chi connectivity index (χ3v) is 5.25. The highest BCUT2D eigenvalue weighted by atomic mass is 35.5. The van der Waals surface area contributed by atoms with Gasteiger partial charge in [-0.2, -0.15) is 0 Å². The maximum Gasteiger partial charge on any atom is 0.317 e. The molecule has 1 unspecified atom stereocenters. The number of nitrogens with zero attached hydrogens (tertiary/aromatic N) is 2. The van der Waals surface area contributed by atoms with Crippen LogP contribution in [0.25, 0.3) is 0 Å². The third-order valence-electron chi connectivity index (χ3n) is 5.00. The summed E-state index contributed by atoms with van der Waals surface area (Å²) in [6, 6.07) is 7.67. The number of halogens is 1. The van der Waals surface area contributed by atoms with Gasteiger partial charge in [0.05, 0.1) is 13.2 Å². The summed E-state index contributed by atoms with van der Waals surface area (Å²) < 4.78 is 5.82. The van der Waals surface area contributed by atoms with Gasteiger partial charge >= 0.3 is 6.03 Å². The Bertz CT molecular complexity index is 544. The fourth-order valence-corrected chi connectivity index (χ4v) is 3.63. The standard InChI is InChI=1S/C19H28ClN3O2/c20-17-7-5-16(6-8-17)18-15-23(13-14-25-18)19(24)21-9-12-22-10-3-1-2-4-11-22/h5-8,18H,1-4,9-15H2,(H,21,24). The molecule has 138 valence electrons. The third kappa shape index (κ3) is 5.59. The van der Waals surface area contributed by atoms with Gasteiger partial charge in [0, 0.05) is 24.7 Å². The molecule has 5 nitrogen and oxygen atoms in total. The molecular weight excluding hydrogens is 338 g/mol. The van der Waals surface area contributed by atoms with Gasteiger partial charge in [-0.3, -0.25) is 0 Å². The molecule has 2 fully saturated rings. The highest BCUT2D eigenvalue weighted by Crippen LogP contribution is 2.23. The summed E-state index contributed by atoms with van der Waals surface area (Å²) in [6.07, 6.45) is 5.15. The Morgan fingerprint density at radius 1 is 1.12 bits per heavy atom. The van der Waals surface area contributed by atoms with E-state index in [1.54, 1.807) is 0 Å². The predicted octanol–water partition coefficient (Wildman–Crippen LogP) is 3.30. The van der Waals surface area contributed by atoms with Crippen LogP contribution in [0, 0.1) is 0 Å². The van der Waals surface area contributed by atoms with Crippen molar-refractivity contribution >= 4 is 17.6 Å². The van der Waals surface area contributed by atoms with Crippen LogP contribution in [0.1, 0.15) is 37.4 Å². The Kier molecular flexibility index (Phi) is 6.96. The molecule has 1 aromatic rings. The normalized spacial score (nSPS) is 22.4. The molecule has 2 aliphatic rings. The molecule has 0 aromatic heterocycles. The maximum atomic E-state index is 12.5. The van der Waals surface area contributed by atoms with Gasteiger partial charge < -0.3 is 19.9 Å². The minimum Gasteiger partial charge on any atom is -0.370 e. The molecular formula is C19H28ClN3O2. The quantitative estimate of drug-likeness (QED) is 0.890. The summed E-state index contributed by atoms with van der Waals surface area (Å²) in [5.41, 5.74) is 1.06. The monoisotopic (exact) mass is 365 g/mol. The van der Waals surface area contributed by atoms with Crippen molar-refractivity contribution in [2.75, 3.05) is 45.9 Å². The van der Waals surface area contributed by atoms with E-state index >= 15 is 0 Å². The lowest BCUT2D eigenvalue weighted by Crippen LogP contribution is -2.48. The van der Waals surface area contributed by atoms with Crippen molar-refractivity contribution in [1.82, 2.24) is 15.1 Å². The number of hydrogen-bond donors (Lipinski definition) is 1. The lowest BCUT2D eigenvalue weighted by Gasteiger charge is -2.33. The largest absolute Gasteiger partial charge is 0.370 e. The van der Waals surface area contributed by atoms with Crippen molar-refractivity contribution in [2.45, 2.75) is 31.8 Å². The number of hydrogen-bond acceptors (Lipinski definition) is 3. The average Bonchev–Trinajstić information content (AvgIpc) is 2.91. The highest BCUT2D eigenvalue weighted by molar-refractivity contribution is 6.30. The molecule has 2 amide bonds. The van der Waals surface area contributed by atoms with Crippen LogP contribution in [0.5, 0.6) is 0 Å². The summed E-state index contributed by atoms with van der Waals surface area (Å²) in [5, 5.41) is 3.78. The van der Waals surface area contributed by atoms with Crippen molar-refractivity contribution in [2.24, 2.45) is 0 Å². The van der Waals surface area contributed by atoms with E-state index in [9.17, 15) is 4.79 Å². The van der Waals surface area contributed by atoms with E-state index in [0.29, 0.717) is 31.3 Å². The first kappa shape index (κ1) is 18.5. The molecule has 0 spiro atoms. The number of likely N-dealkylation sites (tertiary alicyclic amines) is 1.